The Morgan fingerprint density at radius 2 is 2.16 bits per heavy atom. The van der Waals surface area contributed by atoms with Gasteiger partial charge in [-0.15, -0.1) is 0 Å². The molecule has 0 saturated heterocycles. The van der Waals surface area contributed by atoms with Gasteiger partial charge < -0.3 is 26.1 Å². The van der Waals surface area contributed by atoms with E-state index in [4.69, 9.17) is 10.5 Å². The van der Waals surface area contributed by atoms with Crippen molar-refractivity contribution >= 4 is 17.3 Å². The average Bonchev–Trinajstić information content (AvgIpc) is 3.41. The maximum Gasteiger partial charge on any atom is 0.255 e. The molecule has 7 nitrogen and oxygen atoms in total. The molecule has 5 N–H and O–H groups in total. The number of para-hydroxylation sites is 1. The number of anilines is 2. The van der Waals surface area contributed by atoms with Gasteiger partial charge in [-0.2, -0.15) is 0 Å². The van der Waals surface area contributed by atoms with Crippen molar-refractivity contribution in [3.8, 4) is 28.8 Å². The molecule has 162 valence electrons. The fourth-order valence-electron chi connectivity index (χ4n) is 3.82. The molecule has 0 bridgehead atoms. The van der Waals surface area contributed by atoms with E-state index >= 15 is 0 Å². The zero-order valence-corrected chi connectivity index (χ0v) is 17.5. The zero-order valence-electron chi connectivity index (χ0n) is 17.5. The van der Waals surface area contributed by atoms with Crippen LogP contribution >= 0.6 is 0 Å². The lowest BCUT2D eigenvalue weighted by atomic mass is 10.0. The first kappa shape index (κ1) is 20.1. The Bertz CT molecular complexity index is 1280. The summed E-state index contributed by atoms with van der Waals surface area (Å²) < 4.78 is 19.6. The van der Waals surface area contributed by atoms with Gasteiger partial charge in [0.1, 0.15) is 0 Å². The highest BCUT2D eigenvalue weighted by molar-refractivity contribution is 6.06. The number of aromatic nitrogens is 2. The number of pyridine rings is 1. The number of methoxy groups -OCH3 is 1. The van der Waals surface area contributed by atoms with Gasteiger partial charge in [0.05, 0.1) is 40.8 Å². The molecule has 1 amide bonds. The van der Waals surface area contributed by atoms with Crippen LogP contribution in [0.25, 0.3) is 11.3 Å². The summed E-state index contributed by atoms with van der Waals surface area (Å²) in [5, 5.41) is 6.11. The van der Waals surface area contributed by atoms with Gasteiger partial charge in [0.25, 0.3) is 5.91 Å². The van der Waals surface area contributed by atoms with Crippen LogP contribution in [0.4, 0.5) is 15.8 Å². The smallest absolute Gasteiger partial charge is 0.255 e. The second-order valence-electron chi connectivity index (χ2n) is 8.01. The van der Waals surface area contributed by atoms with Crippen molar-refractivity contribution in [3.05, 3.63) is 59.3 Å². The van der Waals surface area contributed by atoms with Crippen LogP contribution in [0.15, 0.2) is 36.7 Å². The topological polar surface area (TPSA) is 105 Å². The van der Waals surface area contributed by atoms with E-state index in [9.17, 15) is 9.18 Å². The number of rotatable bonds is 4. The normalized spacial score (nSPS) is 15.8. The standard InChI is InChI=1S/C24H22FN5O2/c1-32-22-16(25)3-2-4-18(22)30-21-19-17(7-12-28-23(19)31)29-20(21)15-6-11-27-13-14(15)5-8-24(26)9-10-24/h2-4,6,11,13,29-30H,7,9-10,12,26H2,1H3,(H,28,31). The van der Waals surface area contributed by atoms with Gasteiger partial charge in [-0.3, -0.25) is 9.78 Å². The van der Waals surface area contributed by atoms with Gasteiger partial charge in [0.2, 0.25) is 0 Å². The molecule has 3 aromatic rings. The van der Waals surface area contributed by atoms with Gasteiger partial charge in [0.15, 0.2) is 11.6 Å². The van der Waals surface area contributed by atoms with Crippen molar-refractivity contribution in [2.45, 2.75) is 24.8 Å². The first-order chi connectivity index (χ1) is 15.5. The number of fused-ring (bicyclic) bond motifs is 1. The SMILES string of the molecule is COc1c(F)cccc1Nc1c(-c2ccncc2C#CC2(N)CC2)[nH]c2c1C(=O)NCC2. The lowest BCUT2D eigenvalue weighted by Gasteiger charge is -2.17. The minimum absolute atomic E-state index is 0.0677. The highest BCUT2D eigenvalue weighted by atomic mass is 19.1. The van der Waals surface area contributed by atoms with Gasteiger partial charge in [-0.05, 0) is 31.0 Å². The Hall–Kier alpha value is -3.83. The van der Waals surface area contributed by atoms with E-state index in [2.05, 4.69) is 32.4 Å². The zero-order chi connectivity index (χ0) is 22.3. The number of benzene rings is 1. The monoisotopic (exact) mass is 431 g/mol. The minimum atomic E-state index is -0.499. The number of ether oxygens (including phenoxy) is 1. The van der Waals surface area contributed by atoms with Crippen molar-refractivity contribution in [1.82, 2.24) is 15.3 Å². The third kappa shape index (κ3) is 3.57. The molecule has 0 atom stereocenters. The Labute approximate surface area is 184 Å². The van der Waals surface area contributed by atoms with E-state index in [1.54, 1.807) is 24.5 Å². The maximum atomic E-state index is 14.3. The maximum absolute atomic E-state index is 14.3. The molecule has 1 aromatic carbocycles. The minimum Gasteiger partial charge on any atom is -0.492 e. The van der Waals surface area contributed by atoms with E-state index in [0.717, 1.165) is 24.1 Å². The lowest BCUT2D eigenvalue weighted by molar-refractivity contribution is 0.0947. The van der Waals surface area contributed by atoms with Crippen LogP contribution in [0.1, 0.15) is 34.5 Å². The number of aromatic amines is 1. The third-order valence-electron chi connectivity index (χ3n) is 5.72. The van der Waals surface area contributed by atoms with Crippen molar-refractivity contribution in [2.75, 3.05) is 19.0 Å². The Morgan fingerprint density at radius 3 is 2.94 bits per heavy atom. The van der Waals surface area contributed by atoms with Crippen molar-refractivity contribution in [2.24, 2.45) is 5.73 Å². The summed E-state index contributed by atoms with van der Waals surface area (Å²) in [7, 11) is 1.40. The largest absolute Gasteiger partial charge is 0.492 e. The molecule has 0 radical (unpaired) electrons. The van der Waals surface area contributed by atoms with E-state index in [1.165, 1.54) is 13.2 Å². The molecular weight excluding hydrogens is 409 g/mol. The highest BCUT2D eigenvalue weighted by Gasteiger charge is 2.36. The number of amides is 1. The van der Waals surface area contributed by atoms with Gasteiger partial charge in [-0.25, -0.2) is 4.39 Å². The molecule has 1 saturated carbocycles. The first-order valence-electron chi connectivity index (χ1n) is 10.4. The number of carbonyl (C=O) groups is 1. The molecule has 2 aliphatic rings. The number of nitrogens with zero attached hydrogens (tertiary/aromatic N) is 1. The summed E-state index contributed by atoms with van der Waals surface area (Å²) >= 11 is 0. The van der Waals surface area contributed by atoms with Crippen LogP contribution < -0.4 is 21.1 Å². The van der Waals surface area contributed by atoms with Crippen LogP contribution in [0.5, 0.6) is 5.75 Å². The number of hydrogen-bond acceptors (Lipinski definition) is 5. The molecule has 5 rings (SSSR count). The Morgan fingerprint density at radius 1 is 1.31 bits per heavy atom. The molecule has 0 spiro atoms. The van der Waals surface area contributed by atoms with E-state index in [0.29, 0.717) is 41.2 Å². The van der Waals surface area contributed by atoms with Crippen LogP contribution in [0.2, 0.25) is 0 Å². The number of carbonyl (C=O) groups excluding carboxylic acids is 1. The second-order valence-corrected chi connectivity index (χ2v) is 8.01. The number of H-pyrrole nitrogens is 1. The number of nitrogens with two attached hydrogens (primary N) is 1. The van der Waals surface area contributed by atoms with Crippen molar-refractivity contribution in [1.29, 1.82) is 0 Å². The number of hydrogen-bond donors (Lipinski definition) is 4. The predicted molar refractivity (Wildman–Crippen MR) is 119 cm³/mol. The van der Waals surface area contributed by atoms with Crippen molar-refractivity contribution in [3.63, 3.8) is 0 Å². The fourth-order valence-corrected chi connectivity index (χ4v) is 3.82. The van der Waals surface area contributed by atoms with E-state index in [1.807, 2.05) is 6.07 Å². The van der Waals surface area contributed by atoms with Crippen LogP contribution in [0.3, 0.4) is 0 Å². The average molecular weight is 431 g/mol. The molecule has 1 fully saturated rings. The molecular formula is C24H22FN5O2. The van der Waals surface area contributed by atoms with Crippen LogP contribution in [-0.4, -0.2) is 35.1 Å². The molecule has 0 unspecified atom stereocenters. The van der Waals surface area contributed by atoms with Crippen LogP contribution in [0, 0.1) is 17.7 Å². The van der Waals surface area contributed by atoms with E-state index in [-0.39, 0.29) is 11.7 Å². The van der Waals surface area contributed by atoms with Crippen molar-refractivity contribution < 1.29 is 13.9 Å². The Kier molecular flexibility index (Phi) is 4.83. The summed E-state index contributed by atoms with van der Waals surface area (Å²) in [6, 6.07) is 6.44. The second kappa shape index (κ2) is 7.70. The molecule has 1 aliphatic carbocycles. The third-order valence-corrected chi connectivity index (χ3v) is 5.72. The summed E-state index contributed by atoms with van der Waals surface area (Å²) in [5.74, 6) is 5.65. The van der Waals surface area contributed by atoms with Gasteiger partial charge in [-0.1, -0.05) is 17.9 Å². The van der Waals surface area contributed by atoms with Gasteiger partial charge >= 0.3 is 0 Å². The lowest BCUT2D eigenvalue weighted by Crippen LogP contribution is -2.31. The fraction of sp³-hybridized carbons (Fsp3) is 0.250. The molecule has 1 aliphatic heterocycles. The van der Waals surface area contributed by atoms with Crippen LogP contribution in [-0.2, 0) is 6.42 Å². The number of halogens is 1. The highest BCUT2D eigenvalue weighted by Crippen LogP contribution is 2.40. The molecule has 8 heteroatoms. The summed E-state index contributed by atoms with van der Waals surface area (Å²) in [4.78, 5) is 20.4. The quantitative estimate of drug-likeness (QED) is 0.475. The summed E-state index contributed by atoms with van der Waals surface area (Å²) in [6.45, 7) is 0.535. The summed E-state index contributed by atoms with van der Waals surface area (Å²) in [5.41, 5.74) is 10.1. The predicted octanol–water partition coefficient (Wildman–Crippen LogP) is 3.10. The first-order valence-corrected chi connectivity index (χ1v) is 10.4. The molecule has 3 heterocycles. The molecule has 32 heavy (non-hydrogen) atoms. The summed E-state index contributed by atoms with van der Waals surface area (Å²) in [6.07, 6.45) is 5.74. The van der Waals surface area contributed by atoms with E-state index < -0.39 is 11.4 Å². The Balaban J connectivity index is 1.67. The molecule has 2 aromatic heterocycles. The van der Waals surface area contributed by atoms with Gasteiger partial charge in [0, 0.05) is 36.6 Å². The number of nitrogens with one attached hydrogen (secondary N) is 3.